The molecular formula is C11H7Cl4N3. The molecule has 0 fully saturated rings. The van der Waals surface area contributed by atoms with E-state index in [9.17, 15) is 0 Å². The largest absolute Gasteiger partial charge is 0.337 e. The molecule has 3 nitrogen and oxygen atoms in total. The van der Waals surface area contributed by atoms with Crippen LogP contribution in [-0.4, -0.2) is 9.97 Å². The Balaban J connectivity index is 2.43. The molecule has 0 saturated heterocycles. The van der Waals surface area contributed by atoms with Crippen LogP contribution in [0.2, 0.25) is 20.4 Å². The van der Waals surface area contributed by atoms with Crippen molar-refractivity contribution in [2.45, 2.75) is 6.92 Å². The van der Waals surface area contributed by atoms with Gasteiger partial charge < -0.3 is 5.32 Å². The van der Waals surface area contributed by atoms with E-state index < -0.39 is 0 Å². The number of hydrogen-bond acceptors (Lipinski definition) is 3. The van der Waals surface area contributed by atoms with Gasteiger partial charge in [-0.1, -0.05) is 34.8 Å². The van der Waals surface area contributed by atoms with Gasteiger partial charge in [-0.25, -0.2) is 9.97 Å². The molecule has 2 aromatic rings. The number of halogens is 4. The van der Waals surface area contributed by atoms with Gasteiger partial charge in [0.2, 0.25) is 5.28 Å². The van der Waals surface area contributed by atoms with Crippen molar-refractivity contribution in [1.82, 2.24) is 9.97 Å². The molecule has 0 aliphatic rings. The van der Waals surface area contributed by atoms with Crippen molar-refractivity contribution in [3.05, 3.63) is 44.2 Å². The van der Waals surface area contributed by atoms with E-state index in [2.05, 4.69) is 15.3 Å². The van der Waals surface area contributed by atoms with Crippen LogP contribution in [-0.2, 0) is 0 Å². The third kappa shape index (κ3) is 2.98. The zero-order valence-electron chi connectivity index (χ0n) is 9.14. The number of nitrogens with zero attached hydrogens (tertiary/aromatic N) is 2. The molecular weight excluding hydrogens is 316 g/mol. The van der Waals surface area contributed by atoms with E-state index in [1.807, 2.05) is 6.92 Å². The Morgan fingerprint density at radius 2 is 1.67 bits per heavy atom. The van der Waals surface area contributed by atoms with E-state index in [0.29, 0.717) is 26.6 Å². The summed E-state index contributed by atoms with van der Waals surface area (Å²) in [4.78, 5) is 7.93. The Labute approximate surface area is 124 Å². The molecule has 0 radical (unpaired) electrons. The van der Waals surface area contributed by atoms with Crippen LogP contribution in [0.25, 0.3) is 0 Å². The van der Waals surface area contributed by atoms with Gasteiger partial charge in [-0.15, -0.1) is 0 Å². The van der Waals surface area contributed by atoms with Crippen molar-refractivity contribution >= 4 is 57.9 Å². The van der Waals surface area contributed by atoms with Gasteiger partial charge >= 0.3 is 0 Å². The zero-order valence-corrected chi connectivity index (χ0v) is 12.2. The highest BCUT2D eigenvalue weighted by Gasteiger charge is 2.10. The predicted octanol–water partition coefficient (Wildman–Crippen LogP) is 5.14. The molecule has 18 heavy (non-hydrogen) atoms. The maximum atomic E-state index is 6.07. The molecule has 0 aliphatic carbocycles. The van der Waals surface area contributed by atoms with Crippen LogP contribution >= 0.6 is 46.4 Å². The number of aryl methyl sites for hydroxylation is 1. The van der Waals surface area contributed by atoms with E-state index in [0.717, 1.165) is 5.56 Å². The van der Waals surface area contributed by atoms with Crippen molar-refractivity contribution in [3.63, 3.8) is 0 Å². The van der Waals surface area contributed by atoms with Crippen LogP contribution in [0.4, 0.5) is 11.5 Å². The smallest absolute Gasteiger partial charge is 0.224 e. The fraction of sp³-hybridized carbons (Fsp3) is 0.0909. The minimum Gasteiger partial charge on any atom is -0.337 e. The van der Waals surface area contributed by atoms with Crippen LogP contribution in [0.3, 0.4) is 0 Å². The highest BCUT2D eigenvalue weighted by atomic mass is 35.5. The highest BCUT2D eigenvalue weighted by molar-refractivity contribution is 6.41. The average Bonchev–Trinajstić information content (AvgIpc) is 2.28. The maximum Gasteiger partial charge on any atom is 0.224 e. The molecule has 0 amide bonds. The number of benzene rings is 1. The Kier molecular flexibility index (Phi) is 4.17. The number of anilines is 2. The molecule has 0 aliphatic heterocycles. The minimum atomic E-state index is 0.143. The summed E-state index contributed by atoms with van der Waals surface area (Å²) in [7, 11) is 0. The lowest BCUT2D eigenvalue weighted by molar-refractivity contribution is 1.13. The van der Waals surface area contributed by atoms with Gasteiger partial charge in [0.15, 0.2) is 0 Å². The van der Waals surface area contributed by atoms with Gasteiger partial charge in [-0.05, 0) is 30.7 Å². The number of nitrogens with one attached hydrogen (secondary N) is 1. The summed E-state index contributed by atoms with van der Waals surface area (Å²) in [6.45, 7) is 1.84. The topological polar surface area (TPSA) is 37.8 Å². The molecule has 0 spiro atoms. The van der Waals surface area contributed by atoms with E-state index >= 15 is 0 Å². The SMILES string of the molecule is Cc1cnc(Cl)nc1Nc1c(Cl)cc(Cl)cc1Cl. The molecule has 7 heteroatoms. The first-order chi connectivity index (χ1) is 8.47. The lowest BCUT2D eigenvalue weighted by Gasteiger charge is -2.12. The third-order valence-electron chi connectivity index (χ3n) is 2.19. The minimum absolute atomic E-state index is 0.143. The summed E-state index contributed by atoms with van der Waals surface area (Å²) in [5.41, 5.74) is 1.35. The van der Waals surface area contributed by atoms with Gasteiger partial charge in [-0.3, -0.25) is 0 Å². The van der Waals surface area contributed by atoms with Gasteiger partial charge in [0.05, 0.1) is 15.7 Å². The van der Waals surface area contributed by atoms with Crippen LogP contribution in [0, 0.1) is 6.92 Å². The first-order valence-electron chi connectivity index (χ1n) is 4.88. The maximum absolute atomic E-state index is 6.07. The Morgan fingerprint density at radius 3 is 2.28 bits per heavy atom. The summed E-state index contributed by atoms with van der Waals surface area (Å²) < 4.78 is 0. The van der Waals surface area contributed by atoms with Gasteiger partial charge in [0, 0.05) is 16.8 Å². The van der Waals surface area contributed by atoms with Crippen molar-refractivity contribution in [2.75, 3.05) is 5.32 Å². The van der Waals surface area contributed by atoms with E-state index in [-0.39, 0.29) is 5.28 Å². The monoisotopic (exact) mass is 321 g/mol. The summed E-state index contributed by atoms with van der Waals surface area (Å²) >= 11 is 23.7. The van der Waals surface area contributed by atoms with Crippen molar-refractivity contribution < 1.29 is 0 Å². The van der Waals surface area contributed by atoms with Crippen LogP contribution in [0.5, 0.6) is 0 Å². The highest BCUT2D eigenvalue weighted by Crippen LogP contribution is 2.35. The second-order valence-corrected chi connectivity index (χ2v) is 5.13. The van der Waals surface area contributed by atoms with Crippen molar-refractivity contribution in [1.29, 1.82) is 0 Å². The first-order valence-corrected chi connectivity index (χ1v) is 6.39. The molecule has 0 saturated carbocycles. The van der Waals surface area contributed by atoms with Crippen LogP contribution in [0.15, 0.2) is 18.3 Å². The van der Waals surface area contributed by atoms with E-state index in [1.54, 1.807) is 18.3 Å². The van der Waals surface area contributed by atoms with Gasteiger partial charge in [0.1, 0.15) is 5.82 Å². The van der Waals surface area contributed by atoms with Gasteiger partial charge in [0.25, 0.3) is 0 Å². The Bertz CT molecular complexity index is 578. The average molecular weight is 323 g/mol. The summed E-state index contributed by atoms with van der Waals surface area (Å²) in [6, 6.07) is 3.19. The third-order valence-corrected chi connectivity index (χ3v) is 3.19. The second-order valence-electron chi connectivity index (χ2n) is 3.54. The summed E-state index contributed by atoms with van der Waals surface area (Å²) in [5.74, 6) is 0.543. The van der Waals surface area contributed by atoms with Gasteiger partial charge in [-0.2, -0.15) is 0 Å². The quantitative estimate of drug-likeness (QED) is 0.778. The Hall–Kier alpha value is -0.740. The van der Waals surface area contributed by atoms with Crippen LogP contribution < -0.4 is 5.32 Å². The molecule has 1 aromatic carbocycles. The zero-order chi connectivity index (χ0) is 13.3. The Morgan fingerprint density at radius 1 is 1.06 bits per heavy atom. The van der Waals surface area contributed by atoms with E-state index in [1.165, 1.54) is 0 Å². The molecule has 2 rings (SSSR count). The lowest BCUT2D eigenvalue weighted by Crippen LogP contribution is -1.99. The molecule has 0 bridgehead atoms. The molecule has 1 N–H and O–H groups in total. The first kappa shape index (κ1) is 13.7. The number of aromatic nitrogens is 2. The van der Waals surface area contributed by atoms with Crippen molar-refractivity contribution in [3.8, 4) is 0 Å². The normalized spacial score (nSPS) is 10.5. The number of rotatable bonds is 2. The molecule has 94 valence electrons. The van der Waals surface area contributed by atoms with Crippen molar-refractivity contribution in [2.24, 2.45) is 0 Å². The summed E-state index contributed by atoms with van der Waals surface area (Å²) in [6.07, 6.45) is 1.61. The molecule has 1 aromatic heterocycles. The fourth-order valence-corrected chi connectivity index (χ4v) is 2.37. The van der Waals surface area contributed by atoms with Crippen LogP contribution in [0.1, 0.15) is 5.56 Å². The molecule has 0 atom stereocenters. The second kappa shape index (κ2) is 5.49. The lowest BCUT2D eigenvalue weighted by atomic mass is 10.3. The predicted molar refractivity (Wildman–Crippen MR) is 76.5 cm³/mol. The fourth-order valence-electron chi connectivity index (χ4n) is 1.33. The summed E-state index contributed by atoms with van der Waals surface area (Å²) in [5, 5.41) is 4.44. The molecule has 1 heterocycles. The molecule has 0 unspecified atom stereocenters. The standard InChI is InChI=1S/C11H7Cl4N3/c1-5-4-16-11(15)18-10(5)17-9-7(13)2-6(12)3-8(9)14/h2-4H,1H3,(H,16,17,18). The number of hydrogen-bond donors (Lipinski definition) is 1. The van der Waals surface area contributed by atoms with E-state index in [4.69, 9.17) is 46.4 Å².